The predicted octanol–water partition coefficient (Wildman–Crippen LogP) is 5.39. The molecular weight excluding hydrogens is 318 g/mol. The second-order valence-electron chi connectivity index (χ2n) is 3.95. The minimum atomic E-state index is 0.775. The molecule has 0 amide bonds. The molecule has 1 heterocycles. The second-order valence-corrected chi connectivity index (χ2v) is 6.56. The van der Waals surface area contributed by atoms with Crippen molar-refractivity contribution >= 4 is 44.6 Å². The Bertz CT molecular complexity index is 517. The first-order chi connectivity index (χ1) is 8.06. The normalized spacial score (nSPS) is 10.6. The van der Waals surface area contributed by atoms with E-state index in [4.69, 9.17) is 11.6 Å². The van der Waals surface area contributed by atoms with Crippen LogP contribution in [0.1, 0.15) is 15.3 Å². The summed E-state index contributed by atoms with van der Waals surface area (Å²) < 4.78 is 1.18. The molecule has 1 aromatic heterocycles. The van der Waals surface area contributed by atoms with E-state index in [1.54, 1.807) is 11.3 Å². The molecule has 0 bridgehead atoms. The fourth-order valence-electron chi connectivity index (χ4n) is 1.55. The van der Waals surface area contributed by atoms with Crippen molar-refractivity contribution in [2.24, 2.45) is 0 Å². The van der Waals surface area contributed by atoms with Crippen LogP contribution in [-0.2, 0) is 6.54 Å². The summed E-state index contributed by atoms with van der Waals surface area (Å²) in [6.07, 6.45) is 0. The van der Waals surface area contributed by atoms with Crippen LogP contribution in [-0.4, -0.2) is 0 Å². The molecule has 1 nitrogen and oxygen atoms in total. The van der Waals surface area contributed by atoms with Gasteiger partial charge in [-0.05, 0) is 53.5 Å². The van der Waals surface area contributed by atoms with Crippen molar-refractivity contribution in [2.45, 2.75) is 20.4 Å². The lowest BCUT2D eigenvalue weighted by molar-refractivity contribution is 1.19. The molecule has 0 saturated heterocycles. The zero-order valence-corrected chi connectivity index (χ0v) is 12.8. The van der Waals surface area contributed by atoms with Crippen LogP contribution in [0, 0.1) is 13.8 Å². The van der Waals surface area contributed by atoms with Crippen LogP contribution in [0.4, 0.5) is 5.69 Å². The highest BCUT2D eigenvalue weighted by molar-refractivity contribution is 9.10. The van der Waals surface area contributed by atoms with Crippen molar-refractivity contribution in [3.63, 3.8) is 0 Å². The lowest BCUT2D eigenvalue weighted by atomic mass is 10.2. The molecule has 0 fully saturated rings. The van der Waals surface area contributed by atoms with Crippen molar-refractivity contribution in [1.82, 2.24) is 0 Å². The lowest BCUT2D eigenvalue weighted by Crippen LogP contribution is -1.97. The van der Waals surface area contributed by atoms with E-state index in [1.165, 1.54) is 19.8 Å². The Hall–Kier alpha value is -0.510. The highest BCUT2D eigenvalue weighted by atomic mass is 79.9. The van der Waals surface area contributed by atoms with Gasteiger partial charge in [-0.1, -0.05) is 17.7 Å². The third kappa shape index (κ3) is 3.24. The van der Waals surface area contributed by atoms with Crippen molar-refractivity contribution in [2.75, 3.05) is 5.32 Å². The highest BCUT2D eigenvalue weighted by Crippen LogP contribution is 2.28. The summed E-state index contributed by atoms with van der Waals surface area (Å²) >= 11 is 11.5. The second kappa shape index (κ2) is 5.42. The van der Waals surface area contributed by atoms with Gasteiger partial charge >= 0.3 is 0 Å². The molecule has 0 aliphatic heterocycles. The van der Waals surface area contributed by atoms with Crippen molar-refractivity contribution < 1.29 is 0 Å². The van der Waals surface area contributed by atoms with Crippen LogP contribution in [0.2, 0.25) is 5.02 Å². The van der Waals surface area contributed by atoms with Gasteiger partial charge in [0.2, 0.25) is 0 Å². The molecule has 2 aromatic rings. The summed E-state index contributed by atoms with van der Waals surface area (Å²) in [6.45, 7) is 4.95. The molecule has 0 unspecified atom stereocenters. The van der Waals surface area contributed by atoms with Crippen LogP contribution < -0.4 is 5.32 Å². The van der Waals surface area contributed by atoms with E-state index in [0.29, 0.717) is 0 Å². The quantitative estimate of drug-likeness (QED) is 0.795. The molecule has 0 radical (unpaired) electrons. The SMILES string of the molecule is Cc1ccc(NCc2cc(Br)c(C)s2)c(Cl)c1. The minimum absolute atomic E-state index is 0.775. The summed E-state index contributed by atoms with van der Waals surface area (Å²) in [5.41, 5.74) is 2.16. The Labute approximate surface area is 119 Å². The van der Waals surface area contributed by atoms with E-state index < -0.39 is 0 Å². The van der Waals surface area contributed by atoms with Gasteiger partial charge in [-0.3, -0.25) is 0 Å². The van der Waals surface area contributed by atoms with Crippen LogP contribution in [0.25, 0.3) is 0 Å². The van der Waals surface area contributed by atoms with Gasteiger partial charge in [-0.2, -0.15) is 0 Å². The van der Waals surface area contributed by atoms with Gasteiger partial charge in [0.15, 0.2) is 0 Å². The number of rotatable bonds is 3. The van der Waals surface area contributed by atoms with Gasteiger partial charge in [0.05, 0.1) is 10.7 Å². The summed E-state index contributed by atoms with van der Waals surface area (Å²) in [5.74, 6) is 0. The summed E-state index contributed by atoms with van der Waals surface area (Å²) in [5, 5.41) is 4.13. The number of hydrogen-bond acceptors (Lipinski definition) is 2. The first-order valence-electron chi connectivity index (χ1n) is 5.31. The van der Waals surface area contributed by atoms with E-state index in [1.807, 2.05) is 19.1 Å². The van der Waals surface area contributed by atoms with Crippen molar-refractivity contribution in [1.29, 1.82) is 0 Å². The standard InChI is InChI=1S/C13H13BrClNS/c1-8-3-4-13(12(15)5-8)16-7-10-6-11(14)9(2)17-10/h3-6,16H,7H2,1-2H3. The lowest BCUT2D eigenvalue weighted by Gasteiger charge is -2.07. The molecule has 0 aliphatic carbocycles. The van der Waals surface area contributed by atoms with Gasteiger partial charge in [-0.15, -0.1) is 11.3 Å². The topological polar surface area (TPSA) is 12.0 Å². The van der Waals surface area contributed by atoms with Crippen LogP contribution in [0.3, 0.4) is 0 Å². The molecule has 0 saturated carbocycles. The van der Waals surface area contributed by atoms with E-state index in [-0.39, 0.29) is 0 Å². The Morgan fingerprint density at radius 2 is 2.06 bits per heavy atom. The molecule has 4 heteroatoms. The predicted molar refractivity (Wildman–Crippen MR) is 80.3 cm³/mol. The fraction of sp³-hybridized carbons (Fsp3) is 0.231. The third-order valence-electron chi connectivity index (χ3n) is 2.49. The van der Waals surface area contributed by atoms with E-state index in [9.17, 15) is 0 Å². The van der Waals surface area contributed by atoms with Gasteiger partial charge in [0.25, 0.3) is 0 Å². The smallest absolute Gasteiger partial charge is 0.0640 e. The summed E-state index contributed by atoms with van der Waals surface area (Å²) in [7, 11) is 0. The van der Waals surface area contributed by atoms with Gasteiger partial charge in [0, 0.05) is 20.8 Å². The maximum absolute atomic E-state index is 6.16. The van der Waals surface area contributed by atoms with Crippen molar-refractivity contribution in [3.8, 4) is 0 Å². The summed E-state index contributed by atoms with van der Waals surface area (Å²) in [6, 6.07) is 8.20. The molecule has 90 valence electrons. The largest absolute Gasteiger partial charge is 0.379 e. The van der Waals surface area contributed by atoms with Crippen LogP contribution >= 0.6 is 38.9 Å². The number of anilines is 1. The fourth-order valence-corrected chi connectivity index (χ4v) is 3.39. The molecule has 2 rings (SSSR count). The van der Waals surface area contributed by atoms with E-state index >= 15 is 0 Å². The molecule has 1 N–H and O–H groups in total. The zero-order valence-electron chi connectivity index (χ0n) is 9.68. The zero-order chi connectivity index (χ0) is 12.4. The van der Waals surface area contributed by atoms with Gasteiger partial charge in [-0.25, -0.2) is 0 Å². The van der Waals surface area contributed by atoms with Gasteiger partial charge < -0.3 is 5.32 Å². The molecular formula is C13H13BrClNS. The van der Waals surface area contributed by atoms with Crippen LogP contribution in [0.15, 0.2) is 28.7 Å². The van der Waals surface area contributed by atoms with E-state index in [2.05, 4.69) is 40.3 Å². The minimum Gasteiger partial charge on any atom is -0.379 e. The maximum Gasteiger partial charge on any atom is 0.0640 e. The number of aryl methyl sites for hydroxylation is 2. The number of benzene rings is 1. The Kier molecular flexibility index (Phi) is 4.13. The molecule has 17 heavy (non-hydrogen) atoms. The number of thiophene rings is 1. The third-order valence-corrected chi connectivity index (χ3v) is 4.94. The number of hydrogen-bond donors (Lipinski definition) is 1. The maximum atomic E-state index is 6.16. The molecule has 0 spiro atoms. The summed E-state index contributed by atoms with van der Waals surface area (Å²) in [4.78, 5) is 2.60. The molecule has 1 aromatic carbocycles. The van der Waals surface area contributed by atoms with Crippen molar-refractivity contribution in [3.05, 3.63) is 49.1 Å². The molecule has 0 atom stereocenters. The number of nitrogens with one attached hydrogen (secondary N) is 1. The highest BCUT2D eigenvalue weighted by Gasteiger charge is 2.04. The average molecular weight is 331 g/mol. The number of halogens is 2. The Morgan fingerprint density at radius 1 is 1.29 bits per heavy atom. The Balaban J connectivity index is 2.07. The van der Waals surface area contributed by atoms with Gasteiger partial charge in [0.1, 0.15) is 0 Å². The average Bonchev–Trinajstić information content (AvgIpc) is 2.57. The van der Waals surface area contributed by atoms with Crippen LogP contribution in [0.5, 0.6) is 0 Å². The van der Waals surface area contributed by atoms with E-state index in [0.717, 1.165) is 17.3 Å². The first-order valence-corrected chi connectivity index (χ1v) is 7.30. The Morgan fingerprint density at radius 3 is 2.65 bits per heavy atom. The molecule has 0 aliphatic rings. The monoisotopic (exact) mass is 329 g/mol. The first kappa shape index (κ1) is 12.9.